The van der Waals surface area contributed by atoms with E-state index in [0.29, 0.717) is 17.9 Å². The molecule has 0 saturated heterocycles. The molecule has 0 N–H and O–H groups in total. The van der Waals surface area contributed by atoms with Crippen molar-refractivity contribution in [1.29, 1.82) is 0 Å². The normalized spacial score (nSPS) is 11.1. The molecule has 0 unspecified atom stereocenters. The fourth-order valence-electron chi connectivity index (χ4n) is 3.91. The first kappa shape index (κ1) is 20.7. The van der Waals surface area contributed by atoms with Crippen molar-refractivity contribution in [2.75, 3.05) is 0 Å². The van der Waals surface area contributed by atoms with E-state index in [9.17, 15) is 4.79 Å². The van der Waals surface area contributed by atoms with Gasteiger partial charge >= 0.3 is 5.97 Å². The zero-order chi connectivity index (χ0) is 23.6. The van der Waals surface area contributed by atoms with Crippen molar-refractivity contribution in [2.24, 2.45) is 0 Å². The van der Waals surface area contributed by atoms with Crippen LogP contribution in [-0.2, 0) is 6.54 Å². The topological polar surface area (TPSA) is 82.8 Å². The second-order valence-electron chi connectivity index (χ2n) is 8.09. The van der Waals surface area contributed by atoms with Gasteiger partial charge in [-0.05, 0) is 66.2 Å². The molecule has 4 aromatic carbocycles. The number of carbonyl (C=O) groups is 1. The standard InChI is InChI=1S/C28H19N5O2/c34-28(21-11-9-19(10-12-21)18-33-27-8-4-3-7-25(27)31-32-33)35-22-15-13-20(14-16-22)26-17-29-23-5-1-2-6-24(23)30-26/h1-17H,18H2. The van der Waals surface area contributed by atoms with Gasteiger partial charge < -0.3 is 4.74 Å². The first-order chi connectivity index (χ1) is 17.2. The highest BCUT2D eigenvalue weighted by molar-refractivity contribution is 5.91. The monoisotopic (exact) mass is 457 g/mol. The Hall–Kier alpha value is -4.91. The van der Waals surface area contributed by atoms with Gasteiger partial charge in [0.1, 0.15) is 11.3 Å². The summed E-state index contributed by atoms with van der Waals surface area (Å²) in [5.41, 5.74) is 6.65. The molecule has 2 aromatic heterocycles. The van der Waals surface area contributed by atoms with Gasteiger partial charge in [0.2, 0.25) is 0 Å². The van der Waals surface area contributed by atoms with E-state index in [0.717, 1.165) is 38.9 Å². The van der Waals surface area contributed by atoms with E-state index in [1.807, 2.05) is 77.5 Å². The molecule has 168 valence electrons. The number of ether oxygens (including phenoxy) is 1. The maximum atomic E-state index is 12.6. The van der Waals surface area contributed by atoms with Crippen LogP contribution in [0.15, 0.2) is 103 Å². The van der Waals surface area contributed by atoms with E-state index in [1.165, 1.54) is 0 Å². The summed E-state index contributed by atoms with van der Waals surface area (Å²) in [6.45, 7) is 0.564. The predicted molar refractivity (Wildman–Crippen MR) is 133 cm³/mol. The largest absolute Gasteiger partial charge is 0.423 e. The number of fused-ring (bicyclic) bond motifs is 2. The van der Waals surface area contributed by atoms with Crippen LogP contribution in [0, 0.1) is 0 Å². The van der Waals surface area contributed by atoms with Crippen LogP contribution < -0.4 is 4.74 Å². The first-order valence-electron chi connectivity index (χ1n) is 11.1. The molecule has 2 heterocycles. The minimum absolute atomic E-state index is 0.416. The van der Waals surface area contributed by atoms with Gasteiger partial charge in [-0.15, -0.1) is 5.10 Å². The average molecular weight is 457 g/mol. The van der Waals surface area contributed by atoms with Gasteiger partial charge in [0, 0.05) is 5.56 Å². The Morgan fingerprint density at radius 3 is 2.29 bits per heavy atom. The molecule has 7 heteroatoms. The van der Waals surface area contributed by atoms with Crippen LogP contribution in [0.3, 0.4) is 0 Å². The molecule has 6 aromatic rings. The Labute approximate surface area is 200 Å². The molecule has 0 saturated carbocycles. The molecule has 6 rings (SSSR count). The summed E-state index contributed by atoms with van der Waals surface area (Å²) in [5.74, 6) is 0.0478. The minimum atomic E-state index is -0.416. The molecule has 0 amide bonds. The maximum absolute atomic E-state index is 12.6. The fourth-order valence-corrected chi connectivity index (χ4v) is 3.91. The number of rotatable bonds is 5. The van der Waals surface area contributed by atoms with Crippen LogP contribution in [0.1, 0.15) is 15.9 Å². The number of carbonyl (C=O) groups excluding carboxylic acids is 1. The summed E-state index contributed by atoms with van der Waals surface area (Å²) in [7, 11) is 0. The van der Waals surface area contributed by atoms with Gasteiger partial charge in [-0.2, -0.15) is 0 Å². The number of para-hydroxylation sites is 3. The third-order valence-corrected chi connectivity index (χ3v) is 5.75. The lowest BCUT2D eigenvalue weighted by Gasteiger charge is -2.07. The third-order valence-electron chi connectivity index (χ3n) is 5.75. The van der Waals surface area contributed by atoms with Crippen molar-refractivity contribution in [2.45, 2.75) is 6.54 Å². The summed E-state index contributed by atoms with van der Waals surface area (Å²) < 4.78 is 7.40. The maximum Gasteiger partial charge on any atom is 0.343 e. The zero-order valence-corrected chi connectivity index (χ0v) is 18.6. The zero-order valence-electron chi connectivity index (χ0n) is 18.6. The smallest absolute Gasteiger partial charge is 0.343 e. The minimum Gasteiger partial charge on any atom is -0.423 e. The average Bonchev–Trinajstić information content (AvgIpc) is 3.32. The van der Waals surface area contributed by atoms with Gasteiger partial charge in [-0.25, -0.2) is 14.5 Å². The van der Waals surface area contributed by atoms with Crippen molar-refractivity contribution in [3.8, 4) is 17.0 Å². The molecule has 7 nitrogen and oxygen atoms in total. The van der Waals surface area contributed by atoms with Crippen LogP contribution >= 0.6 is 0 Å². The van der Waals surface area contributed by atoms with Crippen molar-refractivity contribution in [3.05, 3.63) is 114 Å². The molecular weight excluding hydrogens is 438 g/mol. The number of aromatic nitrogens is 5. The van der Waals surface area contributed by atoms with Crippen LogP contribution in [0.2, 0.25) is 0 Å². The van der Waals surface area contributed by atoms with E-state index in [-0.39, 0.29) is 0 Å². The van der Waals surface area contributed by atoms with Crippen molar-refractivity contribution in [1.82, 2.24) is 25.0 Å². The lowest BCUT2D eigenvalue weighted by molar-refractivity contribution is 0.0735. The van der Waals surface area contributed by atoms with Crippen molar-refractivity contribution in [3.63, 3.8) is 0 Å². The van der Waals surface area contributed by atoms with E-state index in [2.05, 4.69) is 20.3 Å². The van der Waals surface area contributed by atoms with Crippen LogP contribution in [0.5, 0.6) is 5.75 Å². The van der Waals surface area contributed by atoms with Crippen molar-refractivity contribution >= 4 is 28.0 Å². The fraction of sp³-hybridized carbons (Fsp3) is 0.0357. The number of hydrogen-bond donors (Lipinski definition) is 0. The molecular formula is C28H19N5O2. The van der Waals surface area contributed by atoms with E-state index >= 15 is 0 Å². The summed E-state index contributed by atoms with van der Waals surface area (Å²) in [6.07, 6.45) is 1.74. The summed E-state index contributed by atoms with van der Waals surface area (Å²) >= 11 is 0. The Balaban J connectivity index is 1.13. The molecule has 0 aliphatic heterocycles. The quantitative estimate of drug-likeness (QED) is 0.258. The molecule has 0 spiro atoms. The molecule has 35 heavy (non-hydrogen) atoms. The molecule has 0 aliphatic carbocycles. The second-order valence-corrected chi connectivity index (χ2v) is 8.09. The number of nitrogens with zero attached hydrogens (tertiary/aromatic N) is 5. The lowest BCUT2D eigenvalue weighted by atomic mass is 10.1. The molecule has 0 aliphatic rings. The number of benzene rings is 4. The van der Waals surface area contributed by atoms with Crippen LogP contribution in [0.25, 0.3) is 33.3 Å². The summed E-state index contributed by atoms with van der Waals surface area (Å²) in [6, 6.07) is 30.1. The Morgan fingerprint density at radius 1 is 0.771 bits per heavy atom. The Bertz CT molecular complexity index is 1660. The van der Waals surface area contributed by atoms with Crippen LogP contribution in [0.4, 0.5) is 0 Å². The molecule has 0 atom stereocenters. The Kier molecular flexibility index (Phi) is 5.20. The van der Waals surface area contributed by atoms with Crippen LogP contribution in [-0.4, -0.2) is 30.9 Å². The predicted octanol–water partition coefficient (Wildman–Crippen LogP) is 5.31. The second kappa shape index (κ2) is 8.79. The van der Waals surface area contributed by atoms with Crippen molar-refractivity contribution < 1.29 is 9.53 Å². The van der Waals surface area contributed by atoms with Gasteiger partial charge in [0.25, 0.3) is 0 Å². The van der Waals surface area contributed by atoms with Gasteiger partial charge in [0.05, 0.1) is 40.5 Å². The molecule has 0 fully saturated rings. The van der Waals surface area contributed by atoms with E-state index < -0.39 is 5.97 Å². The summed E-state index contributed by atoms with van der Waals surface area (Å²) in [4.78, 5) is 21.8. The van der Waals surface area contributed by atoms with Gasteiger partial charge in [0.15, 0.2) is 0 Å². The molecule has 0 bridgehead atoms. The number of hydrogen-bond acceptors (Lipinski definition) is 6. The number of esters is 1. The summed E-state index contributed by atoms with van der Waals surface area (Å²) in [5, 5.41) is 8.39. The highest BCUT2D eigenvalue weighted by Gasteiger charge is 2.11. The highest BCUT2D eigenvalue weighted by atomic mass is 16.5. The first-order valence-corrected chi connectivity index (χ1v) is 11.1. The SMILES string of the molecule is O=C(Oc1ccc(-c2cnc3ccccc3n2)cc1)c1ccc(Cn2nnc3ccccc32)cc1. The van der Waals surface area contributed by atoms with Gasteiger partial charge in [-0.1, -0.05) is 41.6 Å². The van der Waals surface area contributed by atoms with E-state index in [4.69, 9.17) is 4.74 Å². The van der Waals surface area contributed by atoms with Gasteiger partial charge in [-0.3, -0.25) is 4.98 Å². The third kappa shape index (κ3) is 4.22. The highest BCUT2D eigenvalue weighted by Crippen LogP contribution is 2.23. The Morgan fingerprint density at radius 2 is 1.49 bits per heavy atom. The molecule has 0 radical (unpaired) electrons. The van der Waals surface area contributed by atoms with E-state index in [1.54, 1.807) is 30.5 Å². The lowest BCUT2D eigenvalue weighted by Crippen LogP contribution is -2.09.